The molecule has 1 aliphatic carbocycles. The van der Waals surface area contributed by atoms with Gasteiger partial charge >= 0.3 is 0 Å². The summed E-state index contributed by atoms with van der Waals surface area (Å²) in [6, 6.07) is 6.22. The average molecular weight is 319 g/mol. The molecule has 0 fully saturated rings. The first-order chi connectivity index (χ1) is 11.0. The molecule has 0 spiro atoms. The second kappa shape index (κ2) is 12.8. The predicted octanol–water partition coefficient (Wildman–Crippen LogP) is 2.73. The zero-order valence-electron chi connectivity index (χ0n) is 15.3. The number of nitrogens with two attached hydrogens (primary N) is 3. The van der Waals surface area contributed by atoms with E-state index in [0.29, 0.717) is 0 Å². The Balaban J connectivity index is 0. The van der Waals surface area contributed by atoms with E-state index in [1.54, 1.807) is 0 Å². The molecule has 4 heteroatoms. The Morgan fingerprint density at radius 2 is 1.39 bits per heavy atom. The van der Waals surface area contributed by atoms with Gasteiger partial charge in [0.2, 0.25) is 0 Å². The molecule has 0 saturated carbocycles. The van der Waals surface area contributed by atoms with Crippen LogP contribution in [0.25, 0.3) is 0 Å². The molecule has 0 unspecified atom stereocenters. The minimum absolute atomic E-state index is 0.0810. The van der Waals surface area contributed by atoms with Crippen LogP contribution < -0.4 is 17.2 Å². The van der Waals surface area contributed by atoms with Crippen LogP contribution in [0.2, 0.25) is 0 Å². The zero-order chi connectivity index (χ0) is 18.5. The maximum Gasteiger partial charge on any atom is 0.150 e. The molecule has 0 aromatic heterocycles. The van der Waals surface area contributed by atoms with Gasteiger partial charge in [0.1, 0.15) is 6.29 Å². The lowest BCUT2D eigenvalue weighted by Gasteiger charge is -2.21. The highest BCUT2D eigenvalue weighted by molar-refractivity contribution is 5.78. The summed E-state index contributed by atoms with van der Waals surface area (Å²) < 4.78 is 0. The maximum absolute atomic E-state index is 11.2. The van der Waals surface area contributed by atoms with E-state index in [9.17, 15) is 4.79 Å². The fourth-order valence-electron chi connectivity index (χ4n) is 2.09. The van der Waals surface area contributed by atoms with Crippen LogP contribution in [-0.4, -0.2) is 27.4 Å². The number of benzene rings is 1. The molecule has 23 heavy (non-hydrogen) atoms. The number of carbonyl (C=O) groups is 1. The van der Waals surface area contributed by atoms with Crippen molar-refractivity contribution in [3.8, 4) is 0 Å². The van der Waals surface area contributed by atoms with Gasteiger partial charge in [-0.2, -0.15) is 0 Å². The van der Waals surface area contributed by atoms with Gasteiger partial charge < -0.3 is 17.2 Å². The predicted molar refractivity (Wildman–Crippen MR) is 102 cm³/mol. The molecule has 0 atom stereocenters. The van der Waals surface area contributed by atoms with Crippen LogP contribution >= 0.6 is 0 Å². The smallest absolute Gasteiger partial charge is 0.150 e. The molecule has 1 aliphatic rings. The summed E-state index contributed by atoms with van der Waals surface area (Å²) in [6.07, 6.45) is 9.23. The Hall–Kier alpha value is -1.75. The van der Waals surface area contributed by atoms with Crippen molar-refractivity contribution in [3.05, 3.63) is 59.2 Å². The first-order valence-corrected chi connectivity index (χ1v) is 7.70. The number of rotatable bonds is 2. The zero-order valence-corrected chi connectivity index (χ0v) is 15.3. The van der Waals surface area contributed by atoms with Crippen molar-refractivity contribution in [1.82, 2.24) is 0 Å². The van der Waals surface area contributed by atoms with Crippen LogP contribution in [0.5, 0.6) is 0 Å². The second-order valence-electron chi connectivity index (χ2n) is 5.51. The Bertz CT molecular complexity index is 488. The van der Waals surface area contributed by atoms with Crippen LogP contribution in [0.1, 0.15) is 48.2 Å². The van der Waals surface area contributed by atoms with Gasteiger partial charge in [-0.15, -0.1) is 0 Å². The van der Waals surface area contributed by atoms with Gasteiger partial charge in [-0.3, -0.25) is 4.79 Å². The Morgan fingerprint density at radius 3 is 1.78 bits per heavy atom. The molecule has 0 radical (unpaired) electrons. The summed E-state index contributed by atoms with van der Waals surface area (Å²) in [6.45, 7) is 6.48. The van der Waals surface area contributed by atoms with Crippen molar-refractivity contribution >= 4 is 6.29 Å². The van der Waals surface area contributed by atoms with Gasteiger partial charge in [0.15, 0.2) is 0 Å². The van der Waals surface area contributed by atoms with E-state index >= 15 is 0 Å². The molecule has 0 heterocycles. The third-order valence-corrected chi connectivity index (χ3v) is 3.19. The van der Waals surface area contributed by atoms with E-state index in [0.717, 1.165) is 17.4 Å². The average Bonchev–Trinajstić information content (AvgIpc) is 3.13. The third kappa shape index (κ3) is 7.37. The van der Waals surface area contributed by atoms with Crippen LogP contribution in [0.15, 0.2) is 42.5 Å². The summed E-state index contributed by atoms with van der Waals surface area (Å²) in [5, 5.41) is 0. The number of hydrogen-bond donors (Lipinski definition) is 3. The van der Waals surface area contributed by atoms with E-state index in [1.165, 1.54) is 26.7 Å². The highest BCUT2D eigenvalue weighted by atomic mass is 16.1. The molecule has 130 valence electrons. The number of carbonyl (C=O) groups excluding carboxylic acids is 1. The van der Waals surface area contributed by atoms with Crippen molar-refractivity contribution in [2.45, 2.75) is 32.1 Å². The molecule has 0 amide bonds. The van der Waals surface area contributed by atoms with Crippen LogP contribution in [0, 0.1) is 0 Å². The molecule has 1 aromatic carbocycles. The largest absolute Gasteiger partial charge is 0.333 e. The van der Waals surface area contributed by atoms with E-state index in [-0.39, 0.29) is 11.3 Å². The van der Waals surface area contributed by atoms with Gasteiger partial charge in [-0.25, -0.2) is 0 Å². The van der Waals surface area contributed by atoms with Crippen molar-refractivity contribution in [3.63, 3.8) is 0 Å². The molecule has 0 bridgehead atoms. The lowest BCUT2D eigenvalue weighted by Crippen LogP contribution is -2.12. The fourth-order valence-corrected chi connectivity index (χ4v) is 2.09. The number of aldehydes is 1. The van der Waals surface area contributed by atoms with E-state index in [1.807, 2.05) is 18.2 Å². The molecule has 0 saturated heterocycles. The van der Waals surface area contributed by atoms with Crippen LogP contribution in [0.4, 0.5) is 0 Å². The number of allylic oxidation sites excluding steroid dienone is 4. The Labute approximate surface area is 141 Å². The molecule has 2 rings (SSSR count). The van der Waals surface area contributed by atoms with Crippen molar-refractivity contribution < 1.29 is 4.79 Å². The summed E-state index contributed by atoms with van der Waals surface area (Å²) in [5.74, 6) is 0.254. The lowest BCUT2D eigenvalue weighted by atomic mass is 9.84. The fraction of sp³-hybridized carbons (Fsp3) is 0.421. The van der Waals surface area contributed by atoms with Crippen LogP contribution in [-0.2, 0) is 5.41 Å². The van der Waals surface area contributed by atoms with Crippen LogP contribution in [0.3, 0.4) is 0 Å². The lowest BCUT2D eigenvalue weighted by molar-refractivity contribution is 0.112. The first kappa shape index (κ1) is 23.5. The minimum Gasteiger partial charge on any atom is -0.333 e. The highest BCUT2D eigenvalue weighted by Gasteiger charge is 2.17. The molecule has 0 aliphatic heterocycles. The first-order valence-electron chi connectivity index (χ1n) is 7.70. The molecule has 1 aromatic rings. The van der Waals surface area contributed by atoms with E-state index in [4.69, 9.17) is 0 Å². The second-order valence-corrected chi connectivity index (χ2v) is 5.51. The van der Waals surface area contributed by atoms with Gasteiger partial charge in [0.05, 0.1) is 0 Å². The molecular formula is C19H33N3O. The summed E-state index contributed by atoms with van der Waals surface area (Å²) in [4.78, 5) is 11.2. The molecule has 4 nitrogen and oxygen atoms in total. The van der Waals surface area contributed by atoms with Crippen molar-refractivity contribution in [2.75, 3.05) is 21.1 Å². The highest BCUT2D eigenvalue weighted by Crippen LogP contribution is 2.29. The number of hydrogen-bond acceptors (Lipinski definition) is 4. The maximum atomic E-state index is 11.2. The monoisotopic (exact) mass is 319 g/mol. The molecular weight excluding hydrogens is 286 g/mol. The van der Waals surface area contributed by atoms with Crippen molar-refractivity contribution in [1.29, 1.82) is 0 Å². The SMILES string of the molecule is CC(C)(C)c1ccc(C2C=CC=C2)c(C=O)c1.CN.CN.CN. The normalized spacial score (nSPS) is 12.2. The van der Waals surface area contributed by atoms with Gasteiger partial charge in [0, 0.05) is 11.5 Å². The summed E-state index contributed by atoms with van der Waals surface area (Å²) >= 11 is 0. The molecule has 6 N–H and O–H groups in total. The van der Waals surface area contributed by atoms with Gasteiger partial charge in [0.25, 0.3) is 0 Å². The minimum atomic E-state index is 0.0810. The van der Waals surface area contributed by atoms with Gasteiger partial charge in [-0.1, -0.05) is 57.2 Å². The summed E-state index contributed by atoms with van der Waals surface area (Å²) in [7, 11) is 4.50. The van der Waals surface area contributed by atoms with E-state index in [2.05, 4.69) is 62.3 Å². The summed E-state index contributed by atoms with van der Waals surface area (Å²) in [5.41, 5.74) is 16.7. The Kier molecular flexibility index (Phi) is 13.0. The Morgan fingerprint density at radius 1 is 0.913 bits per heavy atom. The van der Waals surface area contributed by atoms with Crippen molar-refractivity contribution in [2.24, 2.45) is 17.2 Å². The van der Waals surface area contributed by atoms with E-state index < -0.39 is 0 Å². The third-order valence-electron chi connectivity index (χ3n) is 3.19. The topological polar surface area (TPSA) is 95.1 Å². The standard InChI is InChI=1S/C16H18O.3CH5N/c1-16(2,3)14-8-9-15(13(10-14)11-17)12-6-4-5-7-12;3*1-2/h4-12H,1-3H3;3*2H2,1H3. The van der Waals surface area contributed by atoms with Gasteiger partial charge in [-0.05, 0) is 43.8 Å². The quantitative estimate of drug-likeness (QED) is 0.730.